The summed E-state index contributed by atoms with van der Waals surface area (Å²) in [6, 6.07) is 5.68. The Morgan fingerprint density at radius 1 is 1.31 bits per heavy atom. The third kappa shape index (κ3) is 2.12. The molecule has 86 valence electrons. The maximum atomic E-state index is 11.6. The predicted octanol–water partition coefficient (Wildman–Crippen LogP) is 1.65. The highest BCUT2D eigenvalue weighted by Crippen LogP contribution is 2.25. The average molecular weight is 278 g/mol. The highest BCUT2D eigenvalue weighted by atomic mass is 32.2. The van der Waals surface area contributed by atoms with Crippen molar-refractivity contribution in [1.29, 1.82) is 0 Å². The minimum atomic E-state index is -4.08. The van der Waals surface area contributed by atoms with E-state index in [9.17, 15) is 13.2 Å². The number of rotatable bonds is 0. The van der Waals surface area contributed by atoms with Crippen LogP contribution in [0.1, 0.15) is 0 Å². The lowest BCUT2D eigenvalue weighted by Gasteiger charge is -2.16. The molecule has 1 aromatic rings. The van der Waals surface area contributed by atoms with Crippen LogP contribution in [0.15, 0.2) is 29.2 Å². The average Bonchev–Trinajstić information content (AvgIpc) is 2.25. The summed E-state index contributed by atoms with van der Waals surface area (Å²) in [6.07, 6.45) is 0. The van der Waals surface area contributed by atoms with Gasteiger partial charge in [0.25, 0.3) is 9.84 Å². The van der Waals surface area contributed by atoms with Crippen LogP contribution in [0, 0.1) is 0 Å². The van der Waals surface area contributed by atoms with E-state index in [1.165, 1.54) is 24.3 Å². The molecule has 0 unspecified atom stereocenters. The molecule has 0 spiro atoms. The van der Waals surface area contributed by atoms with Crippen molar-refractivity contribution in [2.45, 2.75) is 4.90 Å². The molecule has 0 atom stereocenters. The number of hydrogen-bond acceptors (Lipinski definition) is 8. The van der Waals surface area contributed by atoms with Gasteiger partial charge in [-0.2, -0.15) is 0 Å². The van der Waals surface area contributed by atoms with Gasteiger partial charge in [0.15, 0.2) is 12.2 Å². The fourth-order valence-corrected chi connectivity index (χ4v) is 2.67. The summed E-state index contributed by atoms with van der Waals surface area (Å²) in [7, 11) is -4.08. The molecule has 2 aliphatic heterocycles. The lowest BCUT2D eigenvalue weighted by Crippen LogP contribution is -2.20. The number of hydrazine groups is 1. The molecule has 9 heteroatoms. The number of hydrogen-bond donors (Lipinski definition) is 2. The number of carbonyl (C=O) groups is 1. The molecule has 2 aliphatic rings. The van der Waals surface area contributed by atoms with E-state index in [1.54, 1.807) is 0 Å². The Kier molecular flexibility index (Phi) is 3.02. The zero-order valence-corrected chi connectivity index (χ0v) is 10.2. The predicted molar refractivity (Wildman–Crippen MR) is 62.1 cm³/mol. The molecule has 2 heterocycles. The Balaban J connectivity index is 2.53. The first-order valence-corrected chi connectivity index (χ1v) is 6.58. The first kappa shape index (κ1) is 11.6. The molecule has 0 saturated heterocycles. The monoisotopic (exact) mass is 278 g/mol. The Morgan fingerprint density at radius 3 is 2.56 bits per heavy atom. The molecular formula is C7H6N2O4S3. The molecule has 0 aliphatic carbocycles. The normalized spacial score (nSPS) is 19.9. The summed E-state index contributed by atoms with van der Waals surface area (Å²) >= 11 is 4.39. The first-order chi connectivity index (χ1) is 7.50. The van der Waals surface area contributed by atoms with Crippen LogP contribution in [0.2, 0.25) is 0 Å². The number of anilines is 1. The second-order valence-corrected chi connectivity index (χ2v) is 5.98. The Bertz CT molecular complexity index is 513. The van der Waals surface area contributed by atoms with Crippen LogP contribution in [0.25, 0.3) is 0 Å². The molecule has 0 amide bonds. The topological polar surface area (TPSA) is 75.7 Å². The summed E-state index contributed by atoms with van der Waals surface area (Å²) in [5.41, 5.74) is 3.36. The molecule has 2 bridgehead atoms. The van der Waals surface area contributed by atoms with Crippen LogP contribution in [-0.2, 0) is 14.0 Å². The van der Waals surface area contributed by atoms with Crippen molar-refractivity contribution in [3.63, 3.8) is 0 Å². The van der Waals surface area contributed by atoms with Crippen molar-refractivity contribution in [3.8, 4) is 0 Å². The number of fused-ring (bicyclic) bond motifs is 7. The van der Waals surface area contributed by atoms with Crippen LogP contribution in [0.5, 0.6) is 0 Å². The molecule has 16 heavy (non-hydrogen) atoms. The first-order valence-electron chi connectivity index (χ1n) is 3.99. The zero-order valence-electron chi connectivity index (χ0n) is 7.65. The summed E-state index contributed by atoms with van der Waals surface area (Å²) in [5.74, 6) is 0. The van der Waals surface area contributed by atoms with Gasteiger partial charge in [-0.15, -0.1) is 0 Å². The molecular weight excluding hydrogens is 272 g/mol. The number of sulfone groups is 1. The third-order valence-corrected chi connectivity index (χ3v) is 4.06. The fourth-order valence-electron chi connectivity index (χ4n) is 1.04. The molecule has 0 fully saturated rings. The van der Waals surface area contributed by atoms with E-state index in [4.69, 9.17) is 0 Å². The van der Waals surface area contributed by atoms with Crippen LogP contribution in [0.3, 0.4) is 0 Å². The Labute approximate surface area is 102 Å². The van der Waals surface area contributed by atoms with Crippen molar-refractivity contribution >= 4 is 45.9 Å². The maximum absolute atomic E-state index is 11.6. The van der Waals surface area contributed by atoms with E-state index in [1.807, 2.05) is 0 Å². The van der Waals surface area contributed by atoms with E-state index in [-0.39, 0.29) is 4.90 Å². The minimum Gasteiger partial charge on any atom is -0.360 e. The zero-order chi connectivity index (χ0) is 11.8. The third-order valence-electron chi connectivity index (χ3n) is 1.78. The van der Waals surface area contributed by atoms with Crippen molar-refractivity contribution in [1.82, 2.24) is 3.82 Å². The molecule has 0 aromatic heterocycles. The highest BCUT2D eigenvalue weighted by Gasteiger charge is 2.29. The lowest BCUT2D eigenvalue weighted by atomic mass is 10.3. The van der Waals surface area contributed by atoms with Crippen LogP contribution in [-0.4, -0.2) is 17.5 Å². The van der Waals surface area contributed by atoms with Crippen LogP contribution >= 0.6 is 25.0 Å². The molecule has 0 saturated carbocycles. The van der Waals surface area contributed by atoms with Crippen molar-refractivity contribution in [3.05, 3.63) is 24.3 Å². The summed E-state index contributed by atoms with van der Waals surface area (Å²) in [6.45, 7) is 0. The molecule has 3 rings (SSSR count). The largest absolute Gasteiger partial charge is 0.442 e. The van der Waals surface area contributed by atoms with E-state index >= 15 is 0 Å². The van der Waals surface area contributed by atoms with Gasteiger partial charge in [0, 0.05) is 0 Å². The second-order valence-electron chi connectivity index (χ2n) is 2.82. The van der Waals surface area contributed by atoms with Gasteiger partial charge in [0.05, 0.1) is 10.6 Å². The molecule has 1 N–H and O–H groups in total. The Hall–Kier alpha value is -0.900. The number of benzene rings is 1. The molecule has 6 nitrogen and oxygen atoms in total. The van der Waals surface area contributed by atoms with Crippen LogP contribution in [0.4, 0.5) is 10.5 Å². The van der Waals surface area contributed by atoms with Gasteiger partial charge < -0.3 is 4.18 Å². The van der Waals surface area contributed by atoms with Gasteiger partial charge in [0.2, 0.25) is 0 Å². The lowest BCUT2D eigenvalue weighted by molar-refractivity contribution is 0.230. The summed E-state index contributed by atoms with van der Waals surface area (Å²) in [4.78, 5) is 11.2. The fraction of sp³-hybridized carbons (Fsp3) is 0. The van der Waals surface area contributed by atoms with Gasteiger partial charge in [-0.05, 0) is 24.3 Å². The Morgan fingerprint density at radius 2 is 1.94 bits per heavy atom. The number of nitrogens with one attached hydrogen (secondary N) is 1. The smallest absolute Gasteiger partial charge is 0.360 e. The van der Waals surface area contributed by atoms with Gasteiger partial charge in [-0.3, -0.25) is 5.43 Å². The highest BCUT2D eigenvalue weighted by molar-refractivity contribution is 8.08. The van der Waals surface area contributed by atoms with Gasteiger partial charge in [0.1, 0.15) is 0 Å². The SMILES string of the molecule is O=C1OSN(S)Nc2ccc(cc2)S1(=O)=O. The van der Waals surface area contributed by atoms with E-state index in [0.29, 0.717) is 17.9 Å². The quantitative estimate of drug-likeness (QED) is 0.424. The minimum absolute atomic E-state index is 0.101. The summed E-state index contributed by atoms with van der Waals surface area (Å²) < 4.78 is 28.8. The van der Waals surface area contributed by atoms with Gasteiger partial charge in [-0.1, -0.05) is 16.6 Å². The number of thiol groups is 1. The van der Waals surface area contributed by atoms with Crippen molar-refractivity contribution < 1.29 is 17.4 Å². The van der Waals surface area contributed by atoms with Crippen molar-refractivity contribution in [2.75, 3.05) is 5.43 Å². The van der Waals surface area contributed by atoms with Gasteiger partial charge >= 0.3 is 5.30 Å². The number of carbonyl (C=O) groups excluding carboxylic acids is 1. The molecule has 1 aromatic carbocycles. The van der Waals surface area contributed by atoms with Gasteiger partial charge in [-0.25, -0.2) is 13.2 Å². The standard InChI is InChI=1S/C7H6N2O4S3/c10-7-13-15-9(14)8-5-1-3-6(4-2-5)16(7,11)12/h1-4,8,14H. The molecule has 0 radical (unpaired) electrons. The second kappa shape index (κ2) is 4.17. The maximum Gasteiger partial charge on any atom is 0.442 e. The van der Waals surface area contributed by atoms with E-state index in [2.05, 4.69) is 22.4 Å². The summed E-state index contributed by atoms with van der Waals surface area (Å²) in [5, 5.41) is -1.33. The van der Waals surface area contributed by atoms with Crippen molar-refractivity contribution in [2.24, 2.45) is 0 Å². The van der Waals surface area contributed by atoms with Crippen LogP contribution < -0.4 is 5.43 Å². The van der Waals surface area contributed by atoms with E-state index in [0.717, 1.165) is 3.82 Å². The van der Waals surface area contributed by atoms with E-state index < -0.39 is 15.1 Å². The number of nitrogens with zero attached hydrogens (tertiary/aromatic N) is 1.